The van der Waals surface area contributed by atoms with E-state index in [1.807, 2.05) is 0 Å². The number of nitrogens with one attached hydrogen (secondary N) is 2. The molecule has 3 heterocycles. The molecule has 1 aromatic carbocycles. The van der Waals surface area contributed by atoms with Crippen molar-refractivity contribution in [3.8, 4) is 5.75 Å². The van der Waals surface area contributed by atoms with Crippen molar-refractivity contribution in [1.82, 2.24) is 24.6 Å². The minimum Gasteiger partial charge on any atom is -0.462 e. The third-order valence-electron chi connectivity index (χ3n) is 6.12. The van der Waals surface area contributed by atoms with Crippen LogP contribution in [0.3, 0.4) is 0 Å². The Bertz CT molecular complexity index is 1440. The summed E-state index contributed by atoms with van der Waals surface area (Å²) < 4.78 is 68.2. The van der Waals surface area contributed by atoms with Crippen LogP contribution < -0.4 is 20.7 Å². The van der Waals surface area contributed by atoms with Gasteiger partial charge in [-0.05, 0) is 39.8 Å². The number of ether oxygens (including phenoxy) is 2. The van der Waals surface area contributed by atoms with Gasteiger partial charge in [-0.25, -0.2) is 18.3 Å². The quantitative estimate of drug-likeness (QED) is 0.186. The number of aromatic nitrogens is 4. The Morgan fingerprint density at radius 1 is 1.27 bits per heavy atom. The monoisotopic (exact) mass is 599 g/mol. The molecular formula is C24H32F2N7O7P. The topological polar surface area (TPSA) is 185 Å². The highest BCUT2D eigenvalue weighted by molar-refractivity contribution is 7.52. The minimum absolute atomic E-state index is 0.00494. The van der Waals surface area contributed by atoms with Crippen LogP contribution in [0.5, 0.6) is 5.75 Å². The number of halogens is 2. The van der Waals surface area contributed by atoms with Crippen LogP contribution in [0.4, 0.5) is 20.5 Å². The molecule has 5 N–H and O–H groups in total. The van der Waals surface area contributed by atoms with E-state index in [0.717, 1.165) is 17.8 Å². The number of hydrogen-bond acceptors (Lipinski definition) is 12. The molecule has 1 fully saturated rings. The number of nitrogens with two attached hydrogens (primary N) is 1. The van der Waals surface area contributed by atoms with Gasteiger partial charge in [-0.2, -0.15) is 15.1 Å². The first-order valence-electron chi connectivity index (χ1n) is 12.6. The van der Waals surface area contributed by atoms with Crippen LogP contribution >= 0.6 is 7.75 Å². The van der Waals surface area contributed by atoms with Crippen LogP contribution in [0, 0.1) is 0 Å². The molecular weight excluding hydrogens is 567 g/mol. The van der Waals surface area contributed by atoms with Gasteiger partial charge in [0.05, 0.1) is 12.4 Å². The highest BCUT2D eigenvalue weighted by Crippen LogP contribution is 2.52. The van der Waals surface area contributed by atoms with Crippen LogP contribution in [0.25, 0.3) is 11.2 Å². The number of nitrogens with zero attached hydrogens (tertiary/aromatic N) is 4. The van der Waals surface area contributed by atoms with Gasteiger partial charge in [-0.1, -0.05) is 18.2 Å². The average molecular weight is 600 g/mol. The maximum Gasteiger partial charge on any atom is 0.459 e. The predicted octanol–water partition coefficient (Wildman–Crippen LogP) is 2.87. The van der Waals surface area contributed by atoms with E-state index in [0.29, 0.717) is 0 Å². The van der Waals surface area contributed by atoms with Crippen molar-refractivity contribution >= 4 is 36.6 Å². The summed E-state index contributed by atoms with van der Waals surface area (Å²) in [4.78, 5) is 24.5. The Morgan fingerprint density at radius 3 is 2.59 bits per heavy atom. The highest BCUT2D eigenvalue weighted by Gasteiger charge is 2.65. The molecule has 1 saturated heterocycles. The number of carbonyl (C=O) groups is 1. The molecule has 4 rings (SSSR count). The molecule has 0 radical (unpaired) electrons. The molecule has 0 bridgehead atoms. The standard InChI is InChI=1S/C24H32F2N7O7P/c1-13(2)38-19(34)14(3)32-41(36,40-15-9-7-6-8-10-15)37-11-24(26)20(35)23(4,25)21(39-24)33-12-29-16-17(28-5)30-22(27)31-18(16)33/h6-10,12-14,20-21,35H,11H2,1-5H3,(H,32,36)(H3,27,28,30,31)/t14-,20+,21-,23-,24-,41-/m1/s1. The molecule has 1 aliphatic rings. The molecule has 2 aromatic heterocycles. The number of carbonyl (C=O) groups excluding carboxylic acids is 1. The Labute approximate surface area is 234 Å². The van der Waals surface area contributed by atoms with Gasteiger partial charge in [-0.15, -0.1) is 0 Å². The van der Waals surface area contributed by atoms with Gasteiger partial charge in [0, 0.05) is 7.05 Å². The average Bonchev–Trinajstić information content (AvgIpc) is 3.39. The third kappa shape index (κ3) is 6.26. The molecule has 14 nitrogen and oxygen atoms in total. The SMILES string of the molecule is CNc1nc(N)nc2c1ncn2[C@@H]1O[C@](F)(CO[P@](=O)(N[C@H](C)C(=O)OC(C)C)Oc2ccccc2)[C@@H](O)[C@@]1(C)F. The fourth-order valence-electron chi connectivity index (χ4n) is 4.15. The Morgan fingerprint density at radius 2 is 1.95 bits per heavy atom. The molecule has 41 heavy (non-hydrogen) atoms. The van der Waals surface area contributed by atoms with E-state index >= 15 is 8.78 Å². The van der Waals surface area contributed by atoms with E-state index in [1.165, 1.54) is 19.1 Å². The molecule has 0 amide bonds. The van der Waals surface area contributed by atoms with Crippen molar-refractivity contribution in [2.24, 2.45) is 0 Å². The van der Waals surface area contributed by atoms with Crippen molar-refractivity contribution in [3.63, 3.8) is 0 Å². The molecule has 0 aliphatic carbocycles. The maximum absolute atomic E-state index is 16.2. The number of aliphatic hydroxyl groups excluding tert-OH is 1. The lowest BCUT2D eigenvalue weighted by Gasteiger charge is -2.28. The van der Waals surface area contributed by atoms with Crippen molar-refractivity contribution in [2.45, 2.75) is 63.7 Å². The zero-order chi connectivity index (χ0) is 30.2. The minimum atomic E-state index is -4.56. The number of imidazole rings is 1. The van der Waals surface area contributed by atoms with Crippen LogP contribution in [0.15, 0.2) is 36.7 Å². The largest absolute Gasteiger partial charge is 0.462 e. The number of anilines is 2. The summed E-state index contributed by atoms with van der Waals surface area (Å²) in [5, 5.41) is 15.9. The summed E-state index contributed by atoms with van der Waals surface area (Å²) in [6.45, 7) is 4.24. The number of nitrogen functional groups attached to an aromatic ring is 1. The van der Waals surface area contributed by atoms with E-state index in [-0.39, 0.29) is 28.7 Å². The highest BCUT2D eigenvalue weighted by atomic mass is 31.2. The number of aliphatic hydroxyl groups is 1. The Balaban J connectivity index is 1.61. The molecule has 0 unspecified atom stereocenters. The lowest BCUT2D eigenvalue weighted by atomic mass is 9.97. The van der Waals surface area contributed by atoms with Gasteiger partial charge >= 0.3 is 13.7 Å². The zero-order valence-corrected chi connectivity index (χ0v) is 23.8. The number of para-hydroxylation sites is 1. The first-order chi connectivity index (χ1) is 19.2. The van der Waals surface area contributed by atoms with E-state index < -0.39 is 56.3 Å². The smallest absolute Gasteiger partial charge is 0.459 e. The van der Waals surface area contributed by atoms with E-state index in [4.69, 9.17) is 24.3 Å². The van der Waals surface area contributed by atoms with Crippen molar-refractivity contribution in [1.29, 1.82) is 0 Å². The molecule has 17 heteroatoms. The summed E-state index contributed by atoms with van der Waals surface area (Å²) in [5.74, 6) is -3.90. The van der Waals surface area contributed by atoms with Crippen molar-refractivity contribution in [2.75, 3.05) is 24.7 Å². The number of esters is 1. The van der Waals surface area contributed by atoms with Crippen LogP contribution in [-0.2, 0) is 23.4 Å². The van der Waals surface area contributed by atoms with E-state index in [9.17, 15) is 14.5 Å². The normalized spacial score (nSPS) is 26.6. The van der Waals surface area contributed by atoms with Gasteiger partial charge < -0.3 is 30.2 Å². The summed E-state index contributed by atoms with van der Waals surface area (Å²) in [5.41, 5.74) is 3.18. The summed E-state index contributed by atoms with van der Waals surface area (Å²) >= 11 is 0. The Kier molecular flexibility index (Phi) is 8.52. The van der Waals surface area contributed by atoms with Gasteiger partial charge in [0.2, 0.25) is 5.95 Å². The lowest BCUT2D eigenvalue weighted by Crippen LogP contribution is -2.47. The summed E-state index contributed by atoms with van der Waals surface area (Å²) in [7, 11) is -3.00. The van der Waals surface area contributed by atoms with Gasteiger partial charge in [-0.3, -0.25) is 13.9 Å². The number of benzene rings is 1. The molecule has 3 aromatic rings. The Hall–Kier alpha value is -3.43. The first-order valence-corrected chi connectivity index (χ1v) is 14.1. The predicted molar refractivity (Wildman–Crippen MR) is 143 cm³/mol. The lowest BCUT2D eigenvalue weighted by molar-refractivity contribution is -0.202. The molecule has 224 valence electrons. The molecule has 0 saturated carbocycles. The molecule has 6 atom stereocenters. The van der Waals surface area contributed by atoms with Gasteiger partial charge in [0.1, 0.15) is 18.4 Å². The van der Waals surface area contributed by atoms with Crippen LogP contribution in [0.1, 0.15) is 33.9 Å². The van der Waals surface area contributed by atoms with Gasteiger partial charge in [0.25, 0.3) is 5.85 Å². The zero-order valence-electron chi connectivity index (χ0n) is 22.9. The number of hydrogen-bond donors (Lipinski definition) is 4. The van der Waals surface area contributed by atoms with E-state index in [1.54, 1.807) is 39.1 Å². The maximum atomic E-state index is 16.2. The number of rotatable bonds is 11. The van der Waals surface area contributed by atoms with Crippen LogP contribution in [0.2, 0.25) is 0 Å². The van der Waals surface area contributed by atoms with Crippen LogP contribution in [-0.4, -0.2) is 74.0 Å². The van der Waals surface area contributed by atoms with E-state index in [2.05, 4.69) is 25.4 Å². The molecule has 1 aliphatic heterocycles. The number of fused-ring (bicyclic) bond motifs is 1. The second kappa shape index (κ2) is 11.4. The summed E-state index contributed by atoms with van der Waals surface area (Å²) in [6, 6.07) is 6.52. The first kappa shape index (κ1) is 30.5. The fourth-order valence-corrected chi connectivity index (χ4v) is 5.66. The van der Waals surface area contributed by atoms with Gasteiger partial charge in [0.15, 0.2) is 35.0 Å². The van der Waals surface area contributed by atoms with Crippen molar-refractivity contribution in [3.05, 3.63) is 36.7 Å². The second-order valence-electron chi connectivity index (χ2n) is 9.83. The second-order valence-corrected chi connectivity index (χ2v) is 11.5. The fraction of sp³-hybridized carbons (Fsp3) is 0.500. The molecule has 0 spiro atoms. The third-order valence-corrected chi connectivity index (χ3v) is 7.74. The number of alkyl halides is 2. The van der Waals surface area contributed by atoms with Crippen molar-refractivity contribution < 1.29 is 41.8 Å². The summed E-state index contributed by atoms with van der Waals surface area (Å²) in [6.07, 6.45) is -3.58.